The van der Waals surface area contributed by atoms with Gasteiger partial charge in [0.2, 0.25) is 0 Å². The fourth-order valence-electron chi connectivity index (χ4n) is 1.83. The highest BCUT2D eigenvalue weighted by atomic mass is 35.5. The number of halogens is 1. The summed E-state index contributed by atoms with van der Waals surface area (Å²) in [4.78, 5) is 5.56. The Morgan fingerprint density at radius 3 is 2.89 bits per heavy atom. The van der Waals surface area contributed by atoms with Gasteiger partial charge in [-0.05, 0) is 32.0 Å². The molecule has 6 heteroatoms. The Morgan fingerprint density at radius 1 is 1.44 bits per heavy atom. The van der Waals surface area contributed by atoms with E-state index in [-0.39, 0.29) is 6.04 Å². The molecule has 1 N–H and O–H groups in total. The van der Waals surface area contributed by atoms with Gasteiger partial charge in [0.25, 0.3) is 0 Å². The summed E-state index contributed by atoms with van der Waals surface area (Å²) >= 11 is 7.61. The summed E-state index contributed by atoms with van der Waals surface area (Å²) in [6.45, 7) is 5.97. The van der Waals surface area contributed by atoms with Crippen molar-refractivity contribution in [1.29, 1.82) is 0 Å². The van der Waals surface area contributed by atoms with E-state index in [0.717, 1.165) is 29.7 Å². The van der Waals surface area contributed by atoms with Gasteiger partial charge in [0, 0.05) is 11.4 Å². The van der Waals surface area contributed by atoms with Crippen molar-refractivity contribution in [2.75, 3.05) is 6.54 Å². The van der Waals surface area contributed by atoms with Gasteiger partial charge in [-0.1, -0.05) is 18.5 Å². The minimum atomic E-state index is 0.0740. The second kappa shape index (κ2) is 6.31. The zero-order chi connectivity index (χ0) is 13.0. The van der Waals surface area contributed by atoms with Gasteiger partial charge in [0.05, 0.1) is 4.34 Å². The van der Waals surface area contributed by atoms with Gasteiger partial charge in [-0.3, -0.25) is 0 Å². The molecule has 2 heterocycles. The van der Waals surface area contributed by atoms with Crippen molar-refractivity contribution in [2.24, 2.45) is 0 Å². The van der Waals surface area contributed by atoms with Crippen LogP contribution in [0.2, 0.25) is 4.34 Å². The Bertz CT molecular complexity index is 494. The van der Waals surface area contributed by atoms with Crippen LogP contribution in [-0.2, 0) is 6.54 Å². The maximum Gasteiger partial charge on any atom is 0.149 e. The second-order valence-electron chi connectivity index (χ2n) is 3.96. The summed E-state index contributed by atoms with van der Waals surface area (Å²) in [5, 5.41) is 7.74. The quantitative estimate of drug-likeness (QED) is 0.886. The highest BCUT2D eigenvalue weighted by molar-refractivity contribution is 7.16. The summed E-state index contributed by atoms with van der Waals surface area (Å²) in [5.41, 5.74) is 0. The van der Waals surface area contributed by atoms with Crippen molar-refractivity contribution in [2.45, 2.75) is 32.9 Å². The monoisotopic (exact) mass is 284 g/mol. The molecule has 18 heavy (non-hydrogen) atoms. The van der Waals surface area contributed by atoms with E-state index >= 15 is 0 Å². The van der Waals surface area contributed by atoms with Gasteiger partial charge in [0.15, 0.2) is 0 Å². The number of aromatic nitrogens is 3. The Morgan fingerprint density at radius 2 is 2.28 bits per heavy atom. The van der Waals surface area contributed by atoms with E-state index in [1.54, 1.807) is 17.7 Å². The number of nitrogens with one attached hydrogen (secondary N) is 1. The molecule has 0 aliphatic heterocycles. The maximum atomic E-state index is 6.02. The second-order valence-corrected chi connectivity index (χ2v) is 5.71. The van der Waals surface area contributed by atoms with Crippen molar-refractivity contribution < 1.29 is 0 Å². The van der Waals surface area contributed by atoms with Crippen LogP contribution in [0.25, 0.3) is 0 Å². The predicted octanol–water partition coefficient (Wildman–Crippen LogP) is 3.10. The largest absolute Gasteiger partial charge is 0.303 e. The first-order chi connectivity index (χ1) is 8.76. The van der Waals surface area contributed by atoms with Crippen LogP contribution in [-0.4, -0.2) is 21.3 Å². The molecule has 0 amide bonds. The van der Waals surface area contributed by atoms with Crippen LogP contribution in [0, 0.1) is 0 Å². The SMILES string of the molecule is CCCNC(c1ccc(Cl)s1)c1ncnn1CC. The molecular weight excluding hydrogens is 268 g/mol. The zero-order valence-corrected chi connectivity index (χ0v) is 12.1. The van der Waals surface area contributed by atoms with E-state index < -0.39 is 0 Å². The number of hydrogen-bond donors (Lipinski definition) is 1. The van der Waals surface area contributed by atoms with Gasteiger partial charge >= 0.3 is 0 Å². The van der Waals surface area contributed by atoms with Crippen LogP contribution < -0.4 is 5.32 Å². The Labute approximate surface area is 116 Å². The van der Waals surface area contributed by atoms with E-state index in [1.807, 2.05) is 10.7 Å². The van der Waals surface area contributed by atoms with E-state index in [4.69, 9.17) is 11.6 Å². The molecule has 98 valence electrons. The lowest BCUT2D eigenvalue weighted by Crippen LogP contribution is -2.25. The van der Waals surface area contributed by atoms with Crippen LogP contribution in [0.15, 0.2) is 18.5 Å². The molecule has 0 fully saturated rings. The molecule has 0 aliphatic rings. The third kappa shape index (κ3) is 2.91. The molecular formula is C12H17ClN4S. The first-order valence-corrected chi connectivity index (χ1v) is 7.32. The molecule has 0 saturated carbocycles. The van der Waals surface area contributed by atoms with Crippen LogP contribution in [0.3, 0.4) is 0 Å². The molecule has 0 spiro atoms. The average molecular weight is 285 g/mol. The Kier molecular flexibility index (Phi) is 4.74. The van der Waals surface area contributed by atoms with Crippen molar-refractivity contribution in [3.05, 3.63) is 33.5 Å². The van der Waals surface area contributed by atoms with E-state index in [0.29, 0.717) is 0 Å². The first kappa shape index (κ1) is 13.5. The van der Waals surface area contributed by atoms with Crippen LogP contribution in [0.1, 0.15) is 37.0 Å². The number of hydrogen-bond acceptors (Lipinski definition) is 4. The average Bonchev–Trinajstić information content (AvgIpc) is 2.99. The smallest absolute Gasteiger partial charge is 0.149 e. The van der Waals surface area contributed by atoms with Crippen molar-refractivity contribution in [1.82, 2.24) is 20.1 Å². The standard InChI is InChI=1S/C12H17ClN4S/c1-3-7-14-11(9-5-6-10(13)18-9)12-15-8-16-17(12)4-2/h5-6,8,11,14H,3-4,7H2,1-2H3. The molecule has 2 aromatic rings. The van der Waals surface area contributed by atoms with E-state index in [1.165, 1.54) is 4.88 Å². The third-order valence-electron chi connectivity index (χ3n) is 2.68. The zero-order valence-electron chi connectivity index (χ0n) is 10.6. The number of thiophene rings is 1. The molecule has 0 aromatic carbocycles. The number of nitrogens with zero attached hydrogens (tertiary/aromatic N) is 3. The first-order valence-electron chi connectivity index (χ1n) is 6.12. The van der Waals surface area contributed by atoms with Gasteiger partial charge in [-0.15, -0.1) is 11.3 Å². The lowest BCUT2D eigenvalue weighted by atomic mass is 10.2. The van der Waals surface area contributed by atoms with Gasteiger partial charge in [-0.25, -0.2) is 9.67 Å². The van der Waals surface area contributed by atoms with Crippen LogP contribution in [0.5, 0.6) is 0 Å². The molecule has 4 nitrogen and oxygen atoms in total. The summed E-state index contributed by atoms with van der Waals surface area (Å²) in [6.07, 6.45) is 2.69. The minimum absolute atomic E-state index is 0.0740. The van der Waals surface area contributed by atoms with E-state index in [2.05, 4.69) is 35.3 Å². The van der Waals surface area contributed by atoms with Gasteiger partial charge in [0.1, 0.15) is 18.2 Å². The Balaban J connectivity index is 2.30. The third-order valence-corrected chi connectivity index (χ3v) is 3.98. The highest BCUT2D eigenvalue weighted by Gasteiger charge is 2.20. The van der Waals surface area contributed by atoms with Gasteiger partial charge < -0.3 is 5.32 Å². The molecule has 0 aliphatic carbocycles. The van der Waals surface area contributed by atoms with Crippen molar-refractivity contribution in [3.63, 3.8) is 0 Å². The number of aryl methyl sites for hydroxylation is 1. The minimum Gasteiger partial charge on any atom is -0.303 e. The highest BCUT2D eigenvalue weighted by Crippen LogP contribution is 2.30. The normalized spacial score (nSPS) is 12.8. The molecule has 0 bridgehead atoms. The van der Waals surface area contributed by atoms with Crippen molar-refractivity contribution in [3.8, 4) is 0 Å². The predicted molar refractivity (Wildman–Crippen MR) is 75.2 cm³/mol. The molecule has 1 unspecified atom stereocenters. The lowest BCUT2D eigenvalue weighted by Gasteiger charge is -2.16. The summed E-state index contributed by atoms with van der Waals surface area (Å²) < 4.78 is 2.72. The van der Waals surface area contributed by atoms with Crippen molar-refractivity contribution >= 4 is 22.9 Å². The molecule has 1 atom stereocenters. The molecule has 2 rings (SSSR count). The van der Waals surface area contributed by atoms with Crippen LogP contribution >= 0.6 is 22.9 Å². The number of rotatable bonds is 6. The summed E-state index contributed by atoms with van der Waals surface area (Å²) in [5.74, 6) is 0.949. The fraction of sp³-hybridized carbons (Fsp3) is 0.500. The molecule has 0 saturated heterocycles. The van der Waals surface area contributed by atoms with Gasteiger partial charge in [-0.2, -0.15) is 5.10 Å². The summed E-state index contributed by atoms with van der Waals surface area (Å²) in [6, 6.07) is 4.05. The fourth-order valence-corrected chi connectivity index (χ4v) is 2.97. The maximum absolute atomic E-state index is 6.02. The topological polar surface area (TPSA) is 42.7 Å². The van der Waals surface area contributed by atoms with E-state index in [9.17, 15) is 0 Å². The van der Waals surface area contributed by atoms with Crippen LogP contribution in [0.4, 0.5) is 0 Å². The lowest BCUT2D eigenvalue weighted by molar-refractivity contribution is 0.524. The molecule has 2 aromatic heterocycles. The Hall–Kier alpha value is -0.910. The molecule has 0 radical (unpaired) electrons. The summed E-state index contributed by atoms with van der Waals surface area (Å²) in [7, 11) is 0.